The molecule has 1 N–H and O–H groups in total. The van der Waals surface area contributed by atoms with Gasteiger partial charge in [-0.15, -0.1) is 0 Å². The van der Waals surface area contributed by atoms with Crippen molar-refractivity contribution in [3.8, 4) is 0 Å². The topological polar surface area (TPSA) is 21.3 Å². The zero-order chi connectivity index (χ0) is 12.8. The highest BCUT2D eigenvalue weighted by molar-refractivity contribution is 5.21. The molecule has 2 nitrogen and oxygen atoms in total. The van der Waals surface area contributed by atoms with Gasteiger partial charge in [-0.25, -0.2) is 0 Å². The molecule has 1 aromatic carbocycles. The number of hydrogen-bond donors (Lipinski definition) is 1. The van der Waals surface area contributed by atoms with Crippen molar-refractivity contribution in [2.45, 2.75) is 39.3 Å². The molecule has 1 aromatic rings. The minimum Gasteiger partial charge on any atom is -0.380 e. The van der Waals surface area contributed by atoms with Gasteiger partial charge in [0.05, 0.1) is 6.61 Å². The Kier molecular flexibility index (Phi) is 5.21. The Morgan fingerprint density at radius 3 is 2.50 bits per heavy atom. The third-order valence-corrected chi connectivity index (χ3v) is 3.90. The van der Waals surface area contributed by atoms with E-state index in [-0.39, 0.29) is 0 Å². The predicted molar refractivity (Wildman–Crippen MR) is 75.4 cm³/mol. The standard InChI is InChI=1S/C16H25NO/c1-13-3-4-16(9-13)11-17-10-14-5-7-15(8-6-14)12-18-2/h5-8,13,16-17H,3-4,9-12H2,1-2H3. The van der Waals surface area contributed by atoms with E-state index in [1.165, 1.54) is 36.9 Å². The van der Waals surface area contributed by atoms with E-state index in [0.29, 0.717) is 6.61 Å². The molecule has 2 unspecified atom stereocenters. The smallest absolute Gasteiger partial charge is 0.0713 e. The van der Waals surface area contributed by atoms with Crippen molar-refractivity contribution >= 4 is 0 Å². The molecule has 1 fully saturated rings. The number of methoxy groups -OCH3 is 1. The van der Waals surface area contributed by atoms with Crippen molar-refractivity contribution in [2.75, 3.05) is 13.7 Å². The van der Waals surface area contributed by atoms with Crippen molar-refractivity contribution in [2.24, 2.45) is 11.8 Å². The van der Waals surface area contributed by atoms with Gasteiger partial charge in [0.1, 0.15) is 0 Å². The van der Waals surface area contributed by atoms with Gasteiger partial charge in [0, 0.05) is 13.7 Å². The molecule has 2 heteroatoms. The van der Waals surface area contributed by atoms with Gasteiger partial charge < -0.3 is 10.1 Å². The molecular formula is C16H25NO. The number of rotatable bonds is 6. The molecule has 0 spiro atoms. The van der Waals surface area contributed by atoms with E-state index in [2.05, 4.69) is 36.5 Å². The SMILES string of the molecule is COCc1ccc(CNCC2CCC(C)C2)cc1. The highest BCUT2D eigenvalue weighted by Crippen LogP contribution is 2.29. The van der Waals surface area contributed by atoms with E-state index in [9.17, 15) is 0 Å². The number of ether oxygens (including phenoxy) is 1. The molecule has 100 valence electrons. The Bertz CT molecular complexity index is 347. The first-order chi connectivity index (χ1) is 8.78. The molecular weight excluding hydrogens is 222 g/mol. The average Bonchev–Trinajstić information content (AvgIpc) is 2.78. The van der Waals surface area contributed by atoms with Gasteiger partial charge >= 0.3 is 0 Å². The summed E-state index contributed by atoms with van der Waals surface area (Å²) in [5, 5.41) is 3.58. The van der Waals surface area contributed by atoms with E-state index >= 15 is 0 Å². The van der Waals surface area contributed by atoms with Crippen molar-refractivity contribution in [3.05, 3.63) is 35.4 Å². The van der Waals surface area contributed by atoms with E-state index in [4.69, 9.17) is 4.74 Å². The van der Waals surface area contributed by atoms with Gasteiger partial charge in [0.15, 0.2) is 0 Å². The van der Waals surface area contributed by atoms with Crippen LogP contribution in [0.15, 0.2) is 24.3 Å². The van der Waals surface area contributed by atoms with Crippen LogP contribution in [0.25, 0.3) is 0 Å². The third-order valence-electron chi connectivity index (χ3n) is 3.90. The Morgan fingerprint density at radius 2 is 1.89 bits per heavy atom. The minimum atomic E-state index is 0.702. The molecule has 18 heavy (non-hydrogen) atoms. The fourth-order valence-electron chi connectivity index (χ4n) is 2.85. The highest BCUT2D eigenvalue weighted by Gasteiger charge is 2.20. The molecule has 0 saturated heterocycles. The quantitative estimate of drug-likeness (QED) is 0.832. The molecule has 2 atom stereocenters. The van der Waals surface area contributed by atoms with Crippen molar-refractivity contribution in [1.82, 2.24) is 5.32 Å². The second kappa shape index (κ2) is 6.91. The van der Waals surface area contributed by atoms with Gasteiger partial charge in [0.25, 0.3) is 0 Å². The summed E-state index contributed by atoms with van der Waals surface area (Å²) in [6.07, 6.45) is 4.22. The Hall–Kier alpha value is -0.860. The second-order valence-corrected chi connectivity index (χ2v) is 5.66. The molecule has 0 aliphatic heterocycles. The Balaban J connectivity index is 1.69. The summed E-state index contributed by atoms with van der Waals surface area (Å²) in [5.41, 5.74) is 2.60. The largest absolute Gasteiger partial charge is 0.380 e. The third kappa shape index (κ3) is 4.11. The lowest BCUT2D eigenvalue weighted by molar-refractivity contribution is 0.185. The summed E-state index contributed by atoms with van der Waals surface area (Å²) in [6.45, 7) is 5.23. The molecule has 0 aromatic heterocycles. The molecule has 1 aliphatic carbocycles. The molecule has 1 aliphatic rings. The number of hydrogen-bond acceptors (Lipinski definition) is 2. The first-order valence-corrected chi connectivity index (χ1v) is 7.05. The fourth-order valence-corrected chi connectivity index (χ4v) is 2.85. The van der Waals surface area contributed by atoms with Crippen LogP contribution in [0.5, 0.6) is 0 Å². The van der Waals surface area contributed by atoms with Crippen molar-refractivity contribution < 1.29 is 4.74 Å². The summed E-state index contributed by atoms with van der Waals surface area (Å²) < 4.78 is 5.11. The molecule has 2 rings (SSSR count). The summed E-state index contributed by atoms with van der Waals surface area (Å²) >= 11 is 0. The summed E-state index contributed by atoms with van der Waals surface area (Å²) in [7, 11) is 1.73. The Labute approximate surface area is 111 Å². The minimum absolute atomic E-state index is 0.702. The van der Waals surface area contributed by atoms with E-state index < -0.39 is 0 Å². The van der Waals surface area contributed by atoms with Crippen LogP contribution in [-0.2, 0) is 17.9 Å². The molecule has 0 amide bonds. The van der Waals surface area contributed by atoms with Crippen LogP contribution in [0.4, 0.5) is 0 Å². The first-order valence-electron chi connectivity index (χ1n) is 7.05. The Morgan fingerprint density at radius 1 is 1.17 bits per heavy atom. The van der Waals surface area contributed by atoms with Gasteiger partial charge in [0.2, 0.25) is 0 Å². The van der Waals surface area contributed by atoms with Crippen LogP contribution in [0.2, 0.25) is 0 Å². The monoisotopic (exact) mass is 247 g/mol. The van der Waals surface area contributed by atoms with Gasteiger partial charge in [-0.2, -0.15) is 0 Å². The van der Waals surface area contributed by atoms with Gasteiger partial charge in [-0.1, -0.05) is 37.6 Å². The lowest BCUT2D eigenvalue weighted by atomic mass is 10.1. The zero-order valence-corrected chi connectivity index (χ0v) is 11.6. The van der Waals surface area contributed by atoms with E-state index in [1.807, 2.05) is 0 Å². The zero-order valence-electron chi connectivity index (χ0n) is 11.6. The summed E-state index contributed by atoms with van der Waals surface area (Å²) in [5.74, 6) is 1.83. The van der Waals surface area contributed by atoms with Crippen molar-refractivity contribution in [1.29, 1.82) is 0 Å². The predicted octanol–water partition coefficient (Wildman–Crippen LogP) is 3.36. The molecule has 0 heterocycles. The maximum atomic E-state index is 5.11. The number of nitrogens with one attached hydrogen (secondary N) is 1. The average molecular weight is 247 g/mol. The summed E-state index contributed by atoms with van der Waals surface area (Å²) in [6, 6.07) is 8.69. The summed E-state index contributed by atoms with van der Waals surface area (Å²) in [4.78, 5) is 0. The number of benzene rings is 1. The molecule has 1 saturated carbocycles. The van der Waals surface area contributed by atoms with Crippen LogP contribution in [-0.4, -0.2) is 13.7 Å². The maximum Gasteiger partial charge on any atom is 0.0713 e. The van der Waals surface area contributed by atoms with Gasteiger partial charge in [-0.3, -0.25) is 0 Å². The van der Waals surface area contributed by atoms with Crippen LogP contribution < -0.4 is 5.32 Å². The molecule has 0 radical (unpaired) electrons. The normalized spacial score (nSPS) is 23.4. The van der Waals surface area contributed by atoms with E-state index in [0.717, 1.165) is 18.4 Å². The van der Waals surface area contributed by atoms with Crippen LogP contribution >= 0.6 is 0 Å². The van der Waals surface area contributed by atoms with Crippen LogP contribution in [0, 0.1) is 11.8 Å². The first kappa shape index (κ1) is 13.6. The highest BCUT2D eigenvalue weighted by atomic mass is 16.5. The second-order valence-electron chi connectivity index (χ2n) is 5.66. The lowest BCUT2D eigenvalue weighted by Crippen LogP contribution is -2.20. The lowest BCUT2D eigenvalue weighted by Gasteiger charge is -2.11. The fraction of sp³-hybridized carbons (Fsp3) is 0.625. The van der Waals surface area contributed by atoms with Crippen LogP contribution in [0.1, 0.15) is 37.3 Å². The maximum absolute atomic E-state index is 5.11. The van der Waals surface area contributed by atoms with Gasteiger partial charge in [-0.05, 0) is 42.3 Å². The molecule has 0 bridgehead atoms. The van der Waals surface area contributed by atoms with Crippen molar-refractivity contribution in [3.63, 3.8) is 0 Å². The van der Waals surface area contributed by atoms with E-state index in [1.54, 1.807) is 7.11 Å². The van der Waals surface area contributed by atoms with Crippen LogP contribution in [0.3, 0.4) is 0 Å².